The minimum absolute atomic E-state index is 0.0767. The number of benzene rings is 2. The molecule has 27 heavy (non-hydrogen) atoms. The third-order valence-corrected chi connectivity index (χ3v) is 5.27. The second-order valence-corrected chi connectivity index (χ2v) is 7.16. The zero-order valence-corrected chi connectivity index (χ0v) is 15.4. The van der Waals surface area contributed by atoms with Crippen LogP contribution in [0.4, 0.5) is 4.39 Å². The van der Waals surface area contributed by atoms with Gasteiger partial charge in [0.05, 0.1) is 24.1 Å². The number of hydrogen-bond donors (Lipinski definition) is 1. The largest absolute Gasteiger partial charge is 0.349 e. The molecule has 0 radical (unpaired) electrons. The van der Waals surface area contributed by atoms with E-state index >= 15 is 0 Å². The van der Waals surface area contributed by atoms with E-state index in [1.807, 2.05) is 31.2 Å². The highest BCUT2D eigenvalue weighted by Gasteiger charge is 2.46. The molecule has 0 aliphatic heterocycles. The lowest BCUT2D eigenvalue weighted by Gasteiger charge is -2.15. The summed E-state index contributed by atoms with van der Waals surface area (Å²) in [6.07, 6.45) is 4.00. The van der Waals surface area contributed by atoms with Crippen LogP contribution < -0.4 is 5.32 Å². The summed E-state index contributed by atoms with van der Waals surface area (Å²) >= 11 is 6.11. The molecule has 138 valence electrons. The molecule has 1 fully saturated rings. The first-order valence-corrected chi connectivity index (χ1v) is 9.13. The Bertz CT molecular complexity index is 938. The zero-order chi connectivity index (χ0) is 19.0. The van der Waals surface area contributed by atoms with Crippen LogP contribution in [0, 0.1) is 11.7 Å². The maximum Gasteiger partial charge on any atom is 0.224 e. The number of aromatic nitrogens is 3. The lowest BCUT2D eigenvalue weighted by atomic mass is 10.1. The molecule has 1 amide bonds. The predicted octanol–water partition coefficient (Wildman–Crippen LogP) is 4.04. The summed E-state index contributed by atoms with van der Waals surface area (Å²) in [4.78, 5) is 12.6. The van der Waals surface area contributed by atoms with E-state index in [-0.39, 0.29) is 29.6 Å². The van der Waals surface area contributed by atoms with Gasteiger partial charge >= 0.3 is 0 Å². The van der Waals surface area contributed by atoms with Gasteiger partial charge in [0.1, 0.15) is 5.82 Å². The molecule has 0 unspecified atom stereocenters. The minimum Gasteiger partial charge on any atom is -0.349 e. The molecule has 0 spiro atoms. The first-order chi connectivity index (χ1) is 13.0. The molecule has 1 saturated carbocycles. The normalized spacial score (nSPS) is 19.5. The second-order valence-electron chi connectivity index (χ2n) is 6.75. The van der Waals surface area contributed by atoms with Gasteiger partial charge in [-0.1, -0.05) is 35.0 Å². The molecule has 1 aliphatic carbocycles. The monoisotopic (exact) mass is 384 g/mol. The number of rotatable bonds is 5. The molecule has 2 aromatic carbocycles. The van der Waals surface area contributed by atoms with E-state index < -0.39 is 0 Å². The highest BCUT2D eigenvalue weighted by Crippen LogP contribution is 2.50. The third kappa shape index (κ3) is 3.57. The highest BCUT2D eigenvalue weighted by molar-refractivity contribution is 6.31. The number of halogens is 2. The van der Waals surface area contributed by atoms with E-state index in [0.29, 0.717) is 17.0 Å². The maximum atomic E-state index is 14.0. The third-order valence-electron chi connectivity index (χ3n) is 4.94. The van der Waals surface area contributed by atoms with E-state index in [0.717, 1.165) is 11.3 Å². The van der Waals surface area contributed by atoms with Crippen LogP contribution in [0.3, 0.4) is 0 Å². The van der Waals surface area contributed by atoms with E-state index in [1.165, 1.54) is 6.07 Å². The molecular formula is C20H18ClFN4O. The average molecular weight is 385 g/mol. The lowest BCUT2D eigenvalue weighted by Crippen LogP contribution is -2.28. The molecule has 0 saturated heterocycles. The first-order valence-electron chi connectivity index (χ1n) is 8.75. The fourth-order valence-electron chi connectivity index (χ4n) is 3.33. The number of hydrogen-bond acceptors (Lipinski definition) is 3. The fourth-order valence-corrected chi connectivity index (χ4v) is 3.64. The van der Waals surface area contributed by atoms with Crippen molar-refractivity contribution in [1.29, 1.82) is 0 Å². The van der Waals surface area contributed by atoms with Gasteiger partial charge in [0.2, 0.25) is 5.91 Å². The van der Waals surface area contributed by atoms with E-state index in [2.05, 4.69) is 15.6 Å². The smallest absolute Gasteiger partial charge is 0.224 e. The topological polar surface area (TPSA) is 59.8 Å². The van der Waals surface area contributed by atoms with Crippen LogP contribution in [0.1, 0.15) is 36.4 Å². The van der Waals surface area contributed by atoms with Crippen molar-refractivity contribution in [3.63, 3.8) is 0 Å². The molecule has 3 atom stereocenters. The lowest BCUT2D eigenvalue weighted by molar-refractivity contribution is -0.123. The Balaban J connectivity index is 1.40. The Morgan fingerprint density at radius 2 is 2.07 bits per heavy atom. The molecule has 1 aliphatic rings. The number of carbonyl (C=O) groups is 1. The van der Waals surface area contributed by atoms with Crippen LogP contribution in [0.5, 0.6) is 0 Å². The van der Waals surface area contributed by atoms with Crippen LogP contribution >= 0.6 is 11.6 Å². The second kappa shape index (κ2) is 7.12. The van der Waals surface area contributed by atoms with Gasteiger partial charge in [0.15, 0.2) is 0 Å². The average Bonchev–Trinajstić information content (AvgIpc) is 3.24. The van der Waals surface area contributed by atoms with E-state index in [4.69, 9.17) is 11.6 Å². The maximum absolute atomic E-state index is 14.0. The summed E-state index contributed by atoms with van der Waals surface area (Å²) in [6, 6.07) is 12.2. The van der Waals surface area contributed by atoms with Crippen molar-refractivity contribution in [3.05, 3.63) is 76.8 Å². The van der Waals surface area contributed by atoms with Crippen molar-refractivity contribution >= 4 is 17.5 Å². The van der Waals surface area contributed by atoms with Gasteiger partial charge in [0, 0.05) is 22.4 Å². The fraction of sp³-hybridized carbons (Fsp3) is 0.250. The summed E-state index contributed by atoms with van der Waals surface area (Å²) in [5.41, 5.74) is 2.32. The molecule has 1 aromatic heterocycles. The molecule has 1 N–H and O–H groups in total. The summed E-state index contributed by atoms with van der Waals surface area (Å²) in [7, 11) is 0. The van der Waals surface area contributed by atoms with E-state index in [9.17, 15) is 9.18 Å². The number of carbonyl (C=O) groups excluding carboxylic acids is 1. The first kappa shape index (κ1) is 17.7. The Morgan fingerprint density at radius 1 is 1.30 bits per heavy atom. The predicted molar refractivity (Wildman–Crippen MR) is 100 cm³/mol. The summed E-state index contributed by atoms with van der Waals surface area (Å²) in [5, 5.41) is 11.1. The summed E-state index contributed by atoms with van der Waals surface area (Å²) < 4.78 is 15.7. The number of amides is 1. The van der Waals surface area contributed by atoms with Gasteiger partial charge in [-0.15, -0.1) is 5.10 Å². The van der Waals surface area contributed by atoms with Crippen LogP contribution in [0.15, 0.2) is 54.9 Å². The Kier molecular flexibility index (Phi) is 4.66. The van der Waals surface area contributed by atoms with Crippen molar-refractivity contribution in [1.82, 2.24) is 20.3 Å². The van der Waals surface area contributed by atoms with Crippen molar-refractivity contribution in [2.75, 3.05) is 0 Å². The van der Waals surface area contributed by atoms with Crippen LogP contribution in [0.2, 0.25) is 5.02 Å². The van der Waals surface area contributed by atoms with Crippen molar-refractivity contribution in [2.24, 2.45) is 5.92 Å². The molecular weight excluding hydrogens is 367 g/mol. The number of nitrogens with one attached hydrogen (secondary N) is 1. The van der Waals surface area contributed by atoms with E-state index in [1.54, 1.807) is 29.2 Å². The Morgan fingerprint density at radius 3 is 2.74 bits per heavy atom. The highest BCUT2D eigenvalue weighted by atomic mass is 35.5. The Labute approximate surface area is 161 Å². The quantitative estimate of drug-likeness (QED) is 0.722. The van der Waals surface area contributed by atoms with Gasteiger partial charge in [0.25, 0.3) is 0 Å². The van der Waals surface area contributed by atoms with Crippen LogP contribution in [-0.4, -0.2) is 20.9 Å². The van der Waals surface area contributed by atoms with Crippen LogP contribution in [0.25, 0.3) is 5.69 Å². The summed E-state index contributed by atoms with van der Waals surface area (Å²) in [6.45, 7) is 1.93. The van der Waals surface area contributed by atoms with Gasteiger partial charge < -0.3 is 5.32 Å². The van der Waals surface area contributed by atoms with Gasteiger partial charge in [-0.05, 0) is 43.2 Å². The standard InChI is InChI=1S/C20H18ClFN4O/c1-12(13-5-7-14(8-6-13)26-10-9-23-25-26)24-20(27)16-11-15(16)19-17(21)3-2-4-18(19)22/h2-10,12,15-16H,11H2,1H3,(H,24,27)/t12-,15+,16-/m0/s1. The van der Waals surface area contributed by atoms with Crippen molar-refractivity contribution in [2.45, 2.75) is 25.3 Å². The van der Waals surface area contributed by atoms with Gasteiger partial charge in [-0.2, -0.15) is 0 Å². The number of nitrogens with zero attached hydrogens (tertiary/aromatic N) is 3. The molecule has 1 heterocycles. The SMILES string of the molecule is C[C@H](NC(=O)[C@H]1C[C@H]1c1c(F)cccc1Cl)c1ccc(-n2ccnn2)cc1. The minimum atomic E-state index is -0.348. The van der Waals surface area contributed by atoms with Crippen LogP contribution in [-0.2, 0) is 4.79 Å². The molecule has 4 rings (SSSR count). The van der Waals surface area contributed by atoms with Crippen molar-refractivity contribution in [3.8, 4) is 5.69 Å². The Hall–Kier alpha value is -2.73. The van der Waals surface area contributed by atoms with Gasteiger partial charge in [-0.25, -0.2) is 9.07 Å². The molecule has 0 bridgehead atoms. The zero-order valence-electron chi connectivity index (χ0n) is 14.6. The molecule has 3 aromatic rings. The molecule has 5 nitrogen and oxygen atoms in total. The van der Waals surface area contributed by atoms with Gasteiger partial charge in [-0.3, -0.25) is 4.79 Å². The summed E-state index contributed by atoms with van der Waals surface area (Å²) in [5.74, 6) is -0.816. The molecule has 7 heteroatoms. The van der Waals surface area contributed by atoms with Crippen molar-refractivity contribution < 1.29 is 9.18 Å².